The molecule has 0 saturated carbocycles. The first-order chi connectivity index (χ1) is 10.5. The summed E-state index contributed by atoms with van der Waals surface area (Å²) in [6.07, 6.45) is 2.83. The summed E-state index contributed by atoms with van der Waals surface area (Å²) in [4.78, 5) is 20.4. The summed E-state index contributed by atoms with van der Waals surface area (Å²) in [7, 11) is 4.32. The van der Waals surface area contributed by atoms with Crippen molar-refractivity contribution < 1.29 is 27.2 Å². The van der Waals surface area contributed by atoms with Crippen LogP contribution in [0, 0.1) is 0 Å². The van der Waals surface area contributed by atoms with Crippen molar-refractivity contribution in [3.63, 3.8) is 0 Å². The summed E-state index contributed by atoms with van der Waals surface area (Å²) >= 11 is 1.40. The van der Waals surface area contributed by atoms with Gasteiger partial charge in [-0.2, -0.15) is 4.99 Å². The van der Waals surface area contributed by atoms with Gasteiger partial charge in [0, 0.05) is 18.5 Å². The largest absolute Gasteiger partial charge is 1.00 e. The lowest BCUT2D eigenvalue weighted by atomic mass is 10.2. The van der Waals surface area contributed by atoms with Crippen molar-refractivity contribution in [3.8, 4) is 5.75 Å². The molecule has 1 atom stereocenters. The number of amides is 1. The van der Waals surface area contributed by atoms with E-state index in [0.717, 1.165) is 24.7 Å². The molecule has 0 spiro atoms. The second-order valence-corrected chi connectivity index (χ2v) is 6.89. The standard InChI is InChI=1S/C16H19N3O2S.ClH/c1-18(2)12-7-8-19(10-12)16-17-15(21)14(22-16)9-11-5-3-4-6-13(11)20;/h3-6,9,12,20H,7-8,10H2,1-2H3;1H/b14-9-;/t12-;/m1./s1. The van der Waals surface area contributed by atoms with E-state index in [1.807, 2.05) is 6.07 Å². The first-order valence-electron chi connectivity index (χ1n) is 7.40. The van der Waals surface area contributed by atoms with E-state index in [-0.39, 0.29) is 24.1 Å². The van der Waals surface area contributed by atoms with Gasteiger partial charge in [-0.15, -0.1) is 0 Å². The van der Waals surface area contributed by atoms with Crippen LogP contribution < -0.4 is 17.3 Å². The molecular formula is C16H20ClN3O2S. The molecule has 2 N–H and O–H groups in total. The number of hydrogen-bond acceptors (Lipinski definition) is 4. The maximum Gasteiger partial charge on any atom is 0.286 e. The fraction of sp³-hybridized carbons (Fsp3) is 0.375. The molecule has 0 radical (unpaired) electrons. The zero-order chi connectivity index (χ0) is 15.7. The van der Waals surface area contributed by atoms with E-state index < -0.39 is 0 Å². The quantitative estimate of drug-likeness (QED) is 0.581. The Morgan fingerprint density at radius 2 is 2.13 bits per heavy atom. The lowest BCUT2D eigenvalue weighted by Crippen LogP contribution is -3.10. The number of benzene rings is 1. The van der Waals surface area contributed by atoms with Crippen LogP contribution in [-0.4, -0.2) is 54.3 Å². The van der Waals surface area contributed by atoms with Crippen LogP contribution in [0.3, 0.4) is 0 Å². The van der Waals surface area contributed by atoms with Crippen LogP contribution in [-0.2, 0) is 4.79 Å². The van der Waals surface area contributed by atoms with Crippen LogP contribution in [0.1, 0.15) is 12.0 Å². The van der Waals surface area contributed by atoms with E-state index in [4.69, 9.17) is 0 Å². The van der Waals surface area contributed by atoms with Gasteiger partial charge >= 0.3 is 0 Å². The van der Waals surface area contributed by atoms with Gasteiger partial charge in [0.25, 0.3) is 5.91 Å². The number of carbonyl (C=O) groups is 1. The summed E-state index contributed by atoms with van der Waals surface area (Å²) in [6.45, 7) is 1.88. The van der Waals surface area contributed by atoms with Crippen LogP contribution in [0.5, 0.6) is 5.75 Å². The third-order valence-electron chi connectivity index (χ3n) is 4.11. The summed E-state index contributed by atoms with van der Waals surface area (Å²) in [5.74, 6) is -0.0433. The van der Waals surface area contributed by atoms with Crippen LogP contribution in [0.2, 0.25) is 0 Å². The van der Waals surface area contributed by atoms with Crippen molar-refractivity contribution in [1.82, 2.24) is 4.90 Å². The molecular weight excluding hydrogens is 334 g/mol. The van der Waals surface area contributed by atoms with E-state index in [9.17, 15) is 9.90 Å². The number of carbonyl (C=O) groups excluding carboxylic acids is 1. The molecule has 2 aliphatic heterocycles. The van der Waals surface area contributed by atoms with Crippen LogP contribution in [0.15, 0.2) is 34.2 Å². The normalized spacial score (nSPS) is 22.7. The number of halogens is 1. The van der Waals surface area contributed by atoms with Gasteiger partial charge in [-0.1, -0.05) is 18.2 Å². The predicted octanol–water partition coefficient (Wildman–Crippen LogP) is -2.41. The number of amidine groups is 1. The minimum absolute atomic E-state index is 0. The van der Waals surface area contributed by atoms with Gasteiger partial charge in [0.1, 0.15) is 11.8 Å². The molecule has 0 aromatic heterocycles. The van der Waals surface area contributed by atoms with E-state index in [0.29, 0.717) is 16.5 Å². The first kappa shape index (κ1) is 17.8. The number of thioether (sulfide) groups is 1. The lowest BCUT2D eigenvalue weighted by molar-refractivity contribution is -0.883. The van der Waals surface area contributed by atoms with Gasteiger partial charge < -0.3 is 27.3 Å². The highest BCUT2D eigenvalue weighted by Crippen LogP contribution is 2.32. The van der Waals surface area contributed by atoms with Crippen molar-refractivity contribution in [2.75, 3.05) is 27.2 Å². The van der Waals surface area contributed by atoms with Crippen molar-refractivity contribution in [2.24, 2.45) is 4.99 Å². The molecule has 1 amide bonds. The number of phenols is 1. The minimum atomic E-state index is -0.219. The Morgan fingerprint density at radius 1 is 1.39 bits per heavy atom. The monoisotopic (exact) mass is 353 g/mol. The molecule has 2 aliphatic rings. The van der Waals surface area contributed by atoms with Gasteiger partial charge in [0.15, 0.2) is 5.17 Å². The van der Waals surface area contributed by atoms with Crippen molar-refractivity contribution in [2.45, 2.75) is 12.5 Å². The minimum Gasteiger partial charge on any atom is -1.00 e. The molecule has 124 valence electrons. The number of aromatic hydroxyl groups is 1. The first-order valence-corrected chi connectivity index (χ1v) is 8.22. The SMILES string of the molecule is C[NH+](C)[C@@H]1CCN(C2=NC(=O)/C(=C/c3ccccc3O)S2)C1.[Cl-]. The zero-order valence-electron chi connectivity index (χ0n) is 13.1. The average Bonchev–Trinajstić information content (AvgIpc) is 3.09. The third-order valence-corrected chi connectivity index (χ3v) is 5.15. The number of aliphatic imine (C=N–C) groups is 1. The second kappa shape index (κ2) is 7.38. The van der Waals surface area contributed by atoms with Gasteiger partial charge in [0.2, 0.25) is 0 Å². The molecule has 3 rings (SSSR count). The molecule has 0 bridgehead atoms. The Hall–Kier alpha value is -1.50. The number of nitrogens with one attached hydrogen (secondary N) is 1. The number of quaternary nitrogens is 1. The van der Waals surface area contributed by atoms with Gasteiger partial charge in [-0.25, -0.2) is 0 Å². The highest BCUT2D eigenvalue weighted by atomic mass is 35.5. The van der Waals surface area contributed by atoms with Crippen molar-refractivity contribution in [3.05, 3.63) is 34.7 Å². The summed E-state index contributed by atoms with van der Waals surface area (Å²) < 4.78 is 0. The maximum absolute atomic E-state index is 12.1. The summed E-state index contributed by atoms with van der Waals surface area (Å²) in [5, 5.41) is 10.6. The molecule has 2 heterocycles. The number of hydrogen-bond donors (Lipinski definition) is 2. The molecule has 1 aromatic rings. The highest BCUT2D eigenvalue weighted by molar-refractivity contribution is 8.18. The van der Waals surface area contributed by atoms with Crippen molar-refractivity contribution in [1.29, 1.82) is 0 Å². The smallest absolute Gasteiger partial charge is 0.286 e. The zero-order valence-corrected chi connectivity index (χ0v) is 14.7. The fourth-order valence-electron chi connectivity index (χ4n) is 2.69. The Labute approximate surface area is 146 Å². The average molecular weight is 354 g/mol. The Bertz CT molecular complexity index is 660. The number of nitrogens with zero attached hydrogens (tertiary/aromatic N) is 2. The van der Waals surface area contributed by atoms with Gasteiger partial charge in [0.05, 0.1) is 25.5 Å². The van der Waals surface area contributed by atoms with Crippen LogP contribution >= 0.6 is 11.8 Å². The molecule has 23 heavy (non-hydrogen) atoms. The van der Waals surface area contributed by atoms with E-state index in [1.54, 1.807) is 24.3 Å². The van der Waals surface area contributed by atoms with E-state index in [2.05, 4.69) is 24.0 Å². The van der Waals surface area contributed by atoms with Gasteiger partial charge in [-0.3, -0.25) is 4.79 Å². The predicted molar refractivity (Wildman–Crippen MR) is 88.9 cm³/mol. The maximum atomic E-state index is 12.1. The molecule has 1 aromatic carbocycles. The van der Waals surface area contributed by atoms with E-state index in [1.165, 1.54) is 16.7 Å². The third kappa shape index (κ3) is 3.88. The molecule has 0 unspecified atom stereocenters. The molecule has 0 aliphatic carbocycles. The highest BCUT2D eigenvalue weighted by Gasteiger charge is 2.33. The van der Waals surface area contributed by atoms with Crippen molar-refractivity contribution >= 4 is 28.9 Å². The number of phenolic OH excluding ortho intramolecular Hbond substituents is 1. The summed E-state index contributed by atoms with van der Waals surface area (Å²) in [6, 6.07) is 7.59. The number of rotatable bonds is 2. The molecule has 7 heteroatoms. The van der Waals surface area contributed by atoms with E-state index >= 15 is 0 Å². The van der Waals surface area contributed by atoms with Gasteiger partial charge in [-0.05, 0) is 23.9 Å². The molecule has 1 saturated heterocycles. The Morgan fingerprint density at radius 3 is 2.78 bits per heavy atom. The fourth-order valence-corrected chi connectivity index (χ4v) is 3.63. The number of para-hydroxylation sites is 1. The van der Waals surface area contributed by atoms with Crippen LogP contribution in [0.25, 0.3) is 6.08 Å². The van der Waals surface area contributed by atoms with Crippen LogP contribution in [0.4, 0.5) is 0 Å². The lowest BCUT2D eigenvalue weighted by Gasteiger charge is -2.18. The molecule has 5 nitrogen and oxygen atoms in total. The number of likely N-dealkylation sites (tertiary alicyclic amines) is 1. The Kier molecular flexibility index (Phi) is 5.73. The Balaban J connectivity index is 0.00000192. The second-order valence-electron chi connectivity index (χ2n) is 5.88. The number of likely N-dealkylation sites (N-methyl/N-ethyl adjacent to an activating group) is 1. The summed E-state index contributed by atoms with van der Waals surface area (Å²) in [5.41, 5.74) is 0.645. The topological polar surface area (TPSA) is 57.3 Å². The molecule has 1 fully saturated rings.